The molecule has 1 aromatic carbocycles. The van der Waals surface area contributed by atoms with Gasteiger partial charge in [-0.2, -0.15) is 0 Å². The van der Waals surface area contributed by atoms with Crippen LogP contribution in [0.5, 0.6) is 11.5 Å². The molecule has 1 fully saturated rings. The number of hydrogen-bond acceptors (Lipinski definition) is 5. The van der Waals surface area contributed by atoms with Gasteiger partial charge < -0.3 is 24.4 Å². The summed E-state index contributed by atoms with van der Waals surface area (Å²) >= 11 is 5.70. The zero-order chi connectivity index (χ0) is 19.8. The highest BCUT2D eigenvalue weighted by Gasteiger charge is 2.18. The third-order valence-electron chi connectivity index (χ3n) is 4.71. The number of benzene rings is 1. The SMILES string of the molecule is COc1ccc(CN(Cc2cccnc2)C(=S)NCC2CCCO2)cc1OC. The van der Waals surface area contributed by atoms with E-state index in [1.165, 1.54) is 0 Å². The number of nitrogens with zero attached hydrogens (tertiary/aromatic N) is 2. The third kappa shape index (κ3) is 5.56. The summed E-state index contributed by atoms with van der Waals surface area (Å²) in [6, 6.07) is 9.92. The molecule has 28 heavy (non-hydrogen) atoms. The predicted molar refractivity (Wildman–Crippen MR) is 113 cm³/mol. The van der Waals surface area contributed by atoms with Gasteiger partial charge in [-0.3, -0.25) is 4.98 Å². The highest BCUT2D eigenvalue weighted by atomic mass is 32.1. The minimum atomic E-state index is 0.235. The molecule has 1 N–H and O–H groups in total. The fourth-order valence-corrected chi connectivity index (χ4v) is 3.44. The molecule has 1 aromatic heterocycles. The molecule has 0 bridgehead atoms. The van der Waals surface area contributed by atoms with Crippen molar-refractivity contribution in [1.82, 2.24) is 15.2 Å². The van der Waals surface area contributed by atoms with Crippen LogP contribution in [0.3, 0.4) is 0 Å². The Balaban J connectivity index is 1.72. The number of ether oxygens (including phenoxy) is 3. The maximum Gasteiger partial charge on any atom is 0.169 e. The summed E-state index contributed by atoms with van der Waals surface area (Å²) in [7, 11) is 3.28. The topological polar surface area (TPSA) is 55.9 Å². The van der Waals surface area contributed by atoms with Crippen LogP contribution in [0, 0.1) is 0 Å². The Kier molecular flexibility index (Phi) is 7.45. The molecule has 1 aliphatic rings. The first-order valence-electron chi connectivity index (χ1n) is 9.43. The van der Waals surface area contributed by atoms with E-state index < -0.39 is 0 Å². The van der Waals surface area contributed by atoms with Crippen molar-refractivity contribution in [3.8, 4) is 11.5 Å². The molecule has 0 spiro atoms. The Hall–Kier alpha value is -2.38. The van der Waals surface area contributed by atoms with Crippen molar-refractivity contribution in [2.75, 3.05) is 27.4 Å². The molecule has 1 atom stereocenters. The zero-order valence-corrected chi connectivity index (χ0v) is 17.2. The highest BCUT2D eigenvalue weighted by molar-refractivity contribution is 7.80. The van der Waals surface area contributed by atoms with Crippen LogP contribution in [-0.2, 0) is 17.8 Å². The molecule has 0 radical (unpaired) electrons. The molecular weight excluding hydrogens is 374 g/mol. The highest BCUT2D eigenvalue weighted by Crippen LogP contribution is 2.28. The maximum absolute atomic E-state index is 5.70. The van der Waals surface area contributed by atoms with Gasteiger partial charge in [0.15, 0.2) is 16.6 Å². The molecule has 6 nitrogen and oxygen atoms in total. The molecule has 2 aromatic rings. The van der Waals surface area contributed by atoms with Gasteiger partial charge in [-0.15, -0.1) is 0 Å². The van der Waals surface area contributed by atoms with E-state index in [9.17, 15) is 0 Å². The third-order valence-corrected chi connectivity index (χ3v) is 5.11. The minimum Gasteiger partial charge on any atom is -0.493 e. The second-order valence-electron chi connectivity index (χ2n) is 6.73. The van der Waals surface area contributed by atoms with Crippen molar-refractivity contribution < 1.29 is 14.2 Å². The Labute approximate surface area is 171 Å². The minimum absolute atomic E-state index is 0.235. The van der Waals surface area contributed by atoms with Crippen molar-refractivity contribution in [2.24, 2.45) is 0 Å². The summed E-state index contributed by atoms with van der Waals surface area (Å²) in [6.07, 6.45) is 6.07. The van der Waals surface area contributed by atoms with Gasteiger partial charge in [0.2, 0.25) is 0 Å². The summed E-state index contributed by atoms with van der Waals surface area (Å²) in [6.45, 7) is 2.88. The molecule has 0 amide bonds. The lowest BCUT2D eigenvalue weighted by molar-refractivity contribution is 0.113. The molecule has 150 valence electrons. The van der Waals surface area contributed by atoms with Gasteiger partial charge in [0.05, 0.1) is 20.3 Å². The van der Waals surface area contributed by atoms with Crippen molar-refractivity contribution in [1.29, 1.82) is 0 Å². The first-order chi connectivity index (χ1) is 13.7. The fraction of sp³-hybridized carbons (Fsp3) is 0.429. The van der Waals surface area contributed by atoms with E-state index in [0.29, 0.717) is 29.7 Å². The van der Waals surface area contributed by atoms with E-state index in [1.807, 2.05) is 30.5 Å². The summed E-state index contributed by atoms with van der Waals surface area (Å²) in [4.78, 5) is 6.34. The van der Waals surface area contributed by atoms with Gasteiger partial charge in [0.25, 0.3) is 0 Å². The number of methoxy groups -OCH3 is 2. The van der Waals surface area contributed by atoms with Crippen LogP contribution in [-0.4, -0.2) is 48.5 Å². The number of thiocarbonyl (C=S) groups is 1. The lowest BCUT2D eigenvalue weighted by Crippen LogP contribution is -2.42. The van der Waals surface area contributed by atoms with Crippen LogP contribution >= 0.6 is 12.2 Å². The van der Waals surface area contributed by atoms with Gasteiger partial charge >= 0.3 is 0 Å². The van der Waals surface area contributed by atoms with Crippen molar-refractivity contribution in [2.45, 2.75) is 32.0 Å². The van der Waals surface area contributed by atoms with Crippen LogP contribution < -0.4 is 14.8 Å². The number of hydrogen-bond donors (Lipinski definition) is 1. The van der Waals surface area contributed by atoms with Gasteiger partial charge in [0, 0.05) is 38.6 Å². The quantitative estimate of drug-likeness (QED) is 0.682. The first-order valence-corrected chi connectivity index (χ1v) is 9.84. The van der Waals surface area contributed by atoms with Crippen molar-refractivity contribution >= 4 is 17.3 Å². The zero-order valence-electron chi connectivity index (χ0n) is 16.4. The standard InChI is InChI=1S/C21H27N3O3S/c1-25-19-8-7-16(11-20(19)26-2)14-24(15-17-5-3-9-22-12-17)21(28)23-13-18-6-4-10-27-18/h3,5,7-9,11-12,18H,4,6,10,13-15H2,1-2H3,(H,23,28). The average Bonchev–Trinajstić information content (AvgIpc) is 3.26. The van der Waals surface area contributed by atoms with Crippen LogP contribution in [0.15, 0.2) is 42.7 Å². The monoisotopic (exact) mass is 401 g/mol. The van der Waals surface area contributed by atoms with Crippen LogP contribution in [0.4, 0.5) is 0 Å². The summed E-state index contributed by atoms with van der Waals surface area (Å²) in [5.41, 5.74) is 2.19. The molecule has 0 saturated carbocycles. The number of pyridine rings is 1. The molecule has 1 saturated heterocycles. The van der Waals surface area contributed by atoms with Crippen molar-refractivity contribution in [3.63, 3.8) is 0 Å². The molecule has 0 aliphatic carbocycles. The van der Waals surface area contributed by atoms with E-state index in [2.05, 4.69) is 21.3 Å². The van der Waals surface area contributed by atoms with Gasteiger partial charge in [-0.25, -0.2) is 0 Å². The Morgan fingerprint density at radius 3 is 2.71 bits per heavy atom. The summed E-state index contributed by atoms with van der Waals surface area (Å²) in [5.74, 6) is 1.42. The van der Waals surface area contributed by atoms with Crippen LogP contribution in [0.1, 0.15) is 24.0 Å². The molecule has 7 heteroatoms. The molecule has 1 unspecified atom stereocenters. The molecule has 3 rings (SSSR count). The predicted octanol–water partition coefficient (Wildman–Crippen LogP) is 3.15. The van der Waals surface area contributed by atoms with Gasteiger partial charge in [-0.1, -0.05) is 12.1 Å². The van der Waals surface area contributed by atoms with E-state index >= 15 is 0 Å². The number of nitrogens with one attached hydrogen (secondary N) is 1. The Morgan fingerprint density at radius 1 is 1.21 bits per heavy atom. The number of rotatable bonds is 8. The van der Waals surface area contributed by atoms with Crippen LogP contribution in [0.2, 0.25) is 0 Å². The largest absolute Gasteiger partial charge is 0.493 e. The van der Waals surface area contributed by atoms with Gasteiger partial charge in [0.1, 0.15) is 0 Å². The second-order valence-corrected chi connectivity index (χ2v) is 7.11. The van der Waals surface area contributed by atoms with Crippen LogP contribution in [0.25, 0.3) is 0 Å². The fourth-order valence-electron chi connectivity index (χ4n) is 3.23. The Bertz CT molecular complexity index is 767. The van der Waals surface area contributed by atoms with E-state index in [4.69, 9.17) is 26.4 Å². The summed E-state index contributed by atoms with van der Waals surface area (Å²) < 4.78 is 16.5. The smallest absolute Gasteiger partial charge is 0.169 e. The number of aromatic nitrogens is 1. The van der Waals surface area contributed by atoms with Gasteiger partial charge in [-0.05, 0) is 54.4 Å². The molecular formula is C21H27N3O3S. The lowest BCUT2D eigenvalue weighted by atomic mass is 10.1. The van der Waals surface area contributed by atoms with E-state index in [1.54, 1.807) is 20.4 Å². The summed E-state index contributed by atoms with van der Waals surface area (Å²) in [5, 5.41) is 4.08. The molecule has 2 heterocycles. The first kappa shape index (κ1) is 20.4. The van der Waals surface area contributed by atoms with E-state index in [-0.39, 0.29) is 6.10 Å². The van der Waals surface area contributed by atoms with E-state index in [0.717, 1.165) is 37.1 Å². The normalized spacial score (nSPS) is 15.9. The molecule has 1 aliphatic heterocycles. The Morgan fingerprint density at radius 2 is 2.04 bits per heavy atom. The lowest BCUT2D eigenvalue weighted by Gasteiger charge is -2.27. The average molecular weight is 402 g/mol. The second kappa shape index (κ2) is 10.2. The maximum atomic E-state index is 5.70. The van der Waals surface area contributed by atoms with Crippen molar-refractivity contribution in [3.05, 3.63) is 53.9 Å².